The lowest BCUT2D eigenvalue weighted by Gasteiger charge is -2.06. The molecule has 2 aromatic rings. The molecule has 1 aromatic carbocycles. The highest BCUT2D eigenvalue weighted by Gasteiger charge is 2.11. The summed E-state index contributed by atoms with van der Waals surface area (Å²) in [7, 11) is 0. The van der Waals surface area contributed by atoms with Gasteiger partial charge in [0.2, 0.25) is 0 Å². The maximum atomic E-state index is 10.8. The Labute approximate surface area is 124 Å². The minimum Gasteiger partial charge on any atom is -0.476 e. The predicted octanol–water partition coefficient (Wildman–Crippen LogP) is 2.71. The molecule has 0 saturated carbocycles. The molecule has 0 saturated heterocycles. The van der Waals surface area contributed by atoms with Crippen molar-refractivity contribution < 1.29 is 14.8 Å². The fourth-order valence-electron chi connectivity index (χ4n) is 1.75. The number of nitrogens with zero attached hydrogens (tertiary/aromatic N) is 2. The van der Waals surface area contributed by atoms with Crippen LogP contribution >= 0.6 is 11.3 Å². The molecule has 0 spiro atoms. The summed E-state index contributed by atoms with van der Waals surface area (Å²) in [5, 5.41) is 24.9. The number of nitro groups is 1. The van der Waals surface area contributed by atoms with E-state index in [2.05, 4.69) is 10.3 Å². The van der Waals surface area contributed by atoms with Crippen molar-refractivity contribution >= 4 is 28.7 Å². The maximum absolute atomic E-state index is 10.8. The summed E-state index contributed by atoms with van der Waals surface area (Å²) in [4.78, 5) is 25.1. The number of nitrogens with one attached hydrogen (secondary N) is 1. The highest BCUT2D eigenvalue weighted by molar-refractivity contribution is 7.09. The second-order valence-electron chi connectivity index (χ2n) is 4.37. The number of carboxylic acid groups (broad SMARTS) is 1. The summed E-state index contributed by atoms with van der Waals surface area (Å²) in [6.45, 7) is 2.21. The molecule has 2 N–H and O–H groups in total. The van der Waals surface area contributed by atoms with Gasteiger partial charge in [-0.1, -0.05) is 6.07 Å². The Balaban J connectivity index is 1.95. The molecule has 110 valence electrons. The average Bonchev–Trinajstić information content (AvgIpc) is 2.89. The number of aryl methyl sites for hydroxylation is 1. The number of thiazole rings is 1. The minimum atomic E-state index is -1.04. The summed E-state index contributed by atoms with van der Waals surface area (Å²) in [5.74, 6) is -1.04. The lowest BCUT2D eigenvalue weighted by molar-refractivity contribution is -0.385. The SMILES string of the molecule is Cc1ccc(NCCc2nc(C(=O)O)cs2)cc1[N+](=O)[O-]. The first-order valence-corrected chi connectivity index (χ1v) is 7.02. The average molecular weight is 307 g/mol. The van der Waals surface area contributed by atoms with Crippen LogP contribution in [0.3, 0.4) is 0 Å². The largest absolute Gasteiger partial charge is 0.476 e. The van der Waals surface area contributed by atoms with E-state index >= 15 is 0 Å². The molecule has 0 amide bonds. The standard InChI is InChI=1S/C13H13N3O4S/c1-8-2-3-9(6-11(8)16(19)20)14-5-4-12-15-10(7-21-12)13(17)18/h2-3,6-7,14H,4-5H2,1H3,(H,17,18). The quantitative estimate of drug-likeness (QED) is 0.628. The maximum Gasteiger partial charge on any atom is 0.355 e. The van der Waals surface area contributed by atoms with Gasteiger partial charge in [0.1, 0.15) is 0 Å². The van der Waals surface area contributed by atoms with Gasteiger partial charge in [-0.2, -0.15) is 0 Å². The van der Waals surface area contributed by atoms with Gasteiger partial charge in [0, 0.05) is 35.7 Å². The molecule has 0 radical (unpaired) electrons. The number of anilines is 1. The molecular weight excluding hydrogens is 294 g/mol. The molecule has 7 nitrogen and oxygen atoms in total. The number of aromatic nitrogens is 1. The molecule has 0 aliphatic carbocycles. The molecule has 0 bridgehead atoms. The number of hydrogen-bond donors (Lipinski definition) is 2. The Morgan fingerprint density at radius 2 is 2.29 bits per heavy atom. The minimum absolute atomic E-state index is 0.0426. The van der Waals surface area contributed by atoms with Crippen molar-refractivity contribution in [2.24, 2.45) is 0 Å². The van der Waals surface area contributed by atoms with Gasteiger partial charge in [-0.25, -0.2) is 9.78 Å². The van der Waals surface area contributed by atoms with Crippen LogP contribution in [-0.4, -0.2) is 27.5 Å². The Hall–Kier alpha value is -2.48. The molecule has 0 fully saturated rings. The van der Waals surface area contributed by atoms with Crippen LogP contribution in [0.2, 0.25) is 0 Å². The van der Waals surface area contributed by atoms with E-state index in [1.807, 2.05) is 0 Å². The van der Waals surface area contributed by atoms with E-state index in [0.29, 0.717) is 29.2 Å². The molecule has 8 heteroatoms. The second-order valence-corrected chi connectivity index (χ2v) is 5.31. The summed E-state index contributed by atoms with van der Waals surface area (Å²) in [6, 6.07) is 4.94. The summed E-state index contributed by atoms with van der Waals surface area (Å²) >= 11 is 1.28. The van der Waals surface area contributed by atoms with Crippen LogP contribution in [0.4, 0.5) is 11.4 Å². The lowest BCUT2D eigenvalue weighted by atomic mass is 10.2. The van der Waals surface area contributed by atoms with Crippen molar-refractivity contribution in [1.29, 1.82) is 0 Å². The lowest BCUT2D eigenvalue weighted by Crippen LogP contribution is -2.06. The van der Waals surface area contributed by atoms with Crippen LogP contribution in [0, 0.1) is 17.0 Å². The molecule has 0 aliphatic rings. The van der Waals surface area contributed by atoms with Gasteiger partial charge in [-0.15, -0.1) is 11.3 Å². The van der Waals surface area contributed by atoms with Crippen LogP contribution < -0.4 is 5.32 Å². The van der Waals surface area contributed by atoms with Crippen LogP contribution in [-0.2, 0) is 6.42 Å². The normalized spacial score (nSPS) is 10.3. The van der Waals surface area contributed by atoms with Crippen molar-refractivity contribution in [1.82, 2.24) is 4.98 Å². The van der Waals surface area contributed by atoms with Crippen molar-refractivity contribution in [2.75, 3.05) is 11.9 Å². The van der Waals surface area contributed by atoms with Crippen LogP contribution in [0.15, 0.2) is 23.6 Å². The number of aromatic carboxylic acids is 1. The number of carboxylic acids is 1. The number of benzene rings is 1. The summed E-state index contributed by atoms with van der Waals surface area (Å²) in [6.07, 6.45) is 0.555. The van der Waals surface area contributed by atoms with E-state index < -0.39 is 10.9 Å². The summed E-state index contributed by atoms with van der Waals surface area (Å²) in [5.41, 5.74) is 1.38. The predicted molar refractivity (Wildman–Crippen MR) is 79.1 cm³/mol. The van der Waals surface area contributed by atoms with E-state index in [4.69, 9.17) is 5.11 Å². The summed E-state index contributed by atoms with van der Waals surface area (Å²) < 4.78 is 0. The van der Waals surface area contributed by atoms with Crippen LogP contribution in [0.25, 0.3) is 0 Å². The molecule has 1 aromatic heterocycles. The fraction of sp³-hybridized carbons (Fsp3) is 0.231. The van der Waals surface area contributed by atoms with Gasteiger partial charge >= 0.3 is 5.97 Å². The molecule has 21 heavy (non-hydrogen) atoms. The molecular formula is C13H13N3O4S. The van der Waals surface area contributed by atoms with Gasteiger partial charge in [0.25, 0.3) is 5.69 Å². The third-order valence-corrected chi connectivity index (χ3v) is 3.75. The molecule has 0 unspecified atom stereocenters. The van der Waals surface area contributed by atoms with E-state index in [1.165, 1.54) is 22.8 Å². The first kappa shape index (κ1) is 14.9. The van der Waals surface area contributed by atoms with Gasteiger partial charge in [-0.3, -0.25) is 10.1 Å². The number of hydrogen-bond acceptors (Lipinski definition) is 6. The highest BCUT2D eigenvalue weighted by Crippen LogP contribution is 2.22. The first-order chi connectivity index (χ1) is 9.97. The van der Waals surface area contributed by atoms with Crippen molar-refractivity contribution in [2.45, 2.75) is 13.3 Å². The third kappa shape index (κ3) is 3.76. The smallest absolute Gasteiger partial charge is 0.355 e. The Morgan fingerprint density at radius 1 is 1.52 bits per heavy atom. The van der Waals surface area contributed by atoms with E-state index in [9.17, 15) is 14.9 Å². The van der Waals surface area contributed by atoms with Crippen molar-refractivity contribution in [3.05, 3.63) is 50.0 Å². The first-order valence-electron chi connectivity index (χ1n) is 6.14. The molecule has 1 heterocycles. The van der Waals surface area contributed by atoms with Gasteiger partial charge < -0.3 is 10.4 Å². The van der Waals surface area contributed by atoms with Gasteiger partial charge in [0.15, 0.2) is 5.69 Å². The van der Waals surface area contributed by atoms with E-state index in [1.54, 1.807) is 19.1 Å². The Morgan fingerprint density at radius 3 is 2.90 bits per heavy atom. The van der Waals surface area contributed by atoms with E-state index in [0.717, 1.165) is 0 Å². The molecule has 0 atom stereocenters. The fourth-order valence-corrected chi connectivity index (χ4v) is 2.53. The Kier molecular flexibility index (Phi) is 4.49. The van der Waals surface area contributed by atoms with Crippen molar-refractivity contribution in [3.63, 3.8) is 0 Å². The molecule has 0 aliphatic heterocycles. The van der Waals surface area contributed by atoms with Gasteiger partial charge in [-0.05, 0) is 13.0 Å². The molecule has 2 rings (SSSR count). The van der Waals surface area contributed by atoms with Crippen LogP contribution in [0.1, 0.15) is 21.1 Å². The number of nitro benzene ring substituents is 1. The number of rotatable bonds is 6. The highest BCUT2D eigenvalue weighted by atomic mass is 32.1. The zero-order valence-corrected chi connectivity index (χ0v) is 12.0. The second kappa shape index (κ2) is 6.31. The topological polar surface area (TPSA) is 105 Å². The zero-order chi connectivity index (χ0) is 15.4. The van der Waals surface area contributed by atoms with Crippen LogP contribution in [0.5, 0.6) is 0 Å². The Bertz CT molecular complexity index is 684. The van der Waals surface area contributed by atoms with Gasteiger partial charge in [0.05, 0.1) is 9.93 Å². The third-order valence-electron chi connectivity index (χ3n) is 2.84. The monoisotopic (exact) mass is 307 g/mol. The van der Waals surface area contributed by atoms with E-state index in [-0.39, 0.29) is 11.4 Å². The zero-order valence-electron chi connectivity index (χ0n) is 11.2. The van der Waals surface area contributed by atoms with Crippen molar-refractivity contribution in [3.8, 4) is 0 Å². The number of carbonyl (C=O) groups is 1.